The summed E-state index contributed by atoms with van der Waals surface area (Å²) in [6, 6.07) is 2.98. The van der Waals surface area contributed by atoms with Crippen molar-refractivity contribution in [1.82, 2.24) is 5.32 Å². The molecule has 0 radical (unpaired) electrons. The number of benzene rings is 1. The first-order valence-corrected chi connectivity index (χ1v) is 6.86. The minimum Gasteiger partial charge on any atom is -0.355 e. The number of carbonyl (C=O) groups is 1. The molecule has 1 aliphatic heterocycles. The fourth-order valence-corrected chi connectivity index (χ4v) is 2.60. The molecular weight excluding hydrogens is 257 g/mol. The molecule has 0 saturated carbocycles. The van der Waals surface area contributed by atoms with Gasteiger partial charge in [0.2, 0.25) is 5.91 Å². The van der Waals surface area contributed by atoms with E-state index in [1.807, 2.05) is 25.7 Å². The lowest BCUT2D eigenvalue weighted by Gasteiger charge is -2.44. The number of nitrogens with one attached hydrogen (secondary N) is 1. The van der Waals surface area contributed by atoms with Gasteiger partial charge >= 0.3 is 0 Å². The first-order valence-electron chi connectivity index (χ1n) is 6.86. The molecule has 5 heteroatoms. The van der Waals surface area contributed by atoms with Crippen molar-refractivity contribution in [3.05, 3.63) is 29.1 Å². The third-order valence-corrected chi connectivity index (χ3v) is 3.94. The van der Waals surface area contributed by atoms with Crippen LogP contribution in [0.2, 0.25) is 0 Å². The molecule has 0 aromatic heterocycles. The Bertz CT molecular complexity index is 540. The number of amides is 1. The number of nitrogens with two attached hydrogens (primary N) is 1. The topological polar surface area (TPSA) is 58.4 Å². The van der Waals surface area contributed by atoms with Crippen molar-refractivity contribution >= 4 is 11.6 Å². The zero-order valence-electron chi connectivity index (χ0n) is 12.5. The van der Waals surface area contributed by atoms with E-state index in [1.165, 1.54) is 6.07 Å². The minimum atomic E-state index is -0.674. The maximum atomic E-state index is 13.8. The van der Waals surface area contributed by atoms with E-state index in [1.54, 1.807) is 13.0 Å². The second-order valence-corrected chi connectivity index (χ2v) is 5.92. The predicted molar refractivity (Wildman–Crippen MR) is 78.2 cm³/mol. The van der Waals surface area contributed by atoms with Gasteiger partial charge in [0.05, 0.1) is 0 Å². The highest BCUT2D eigenvalue weighted by molar-refractivity contribution is 5.90. The maximum Gasteiger partial charge on any atom is 0.245 e. The van der Waals surface area contributed by atoms with Crippen LogP contribution in [0.15, 0.2) is 12.1 Å². The van der Waals surface area contributed by atoms with Gasteiger partial charge in [-0.3, -0.25) is 4.79 Å². The first kappa shape index (κ1) is 14.8. The number of hydrogen-bond donors (Lipinski definition) is 2. The number of aryl methyl sites for hydroxylation is 1. The molecule has 1 heterocycles. The quantitative estimate of drug-likeness (QED) is 0.869. The standard InChI is InChI=1S/C15H22FN3O/c1-9-7-13(11(10(2)17)8-12(9)16)19-6-5-18-14(20)15(19,3)4/h7-8,10H,5-6,17H2,1-4H3,(H,18,20)/t10-/m1/s1. The van der Waals surface area contributed by atoms with Crippen LogP contribution < -0.4 is 16.0 Å². The average Bonchev–Trinajstić information content (AvgIpc) is 2.35. The summed E-state index contributed by atoms with van der Waals surface area (Å²) < 4.78 is 13.8. The van der Waals surface area contributed by atoms with Crippen LogP contribution in [-0.4, -0.2) is 24.5 Å². The lowest BCUT2D eigenvalue weighted by molar-refractivity contribution is -0.126. The van der Waals surface area contributed by atoms with Gasteiger partial charge in [0.1, 0.15) is 11.4 Å². The smallest absolute Gasteiger partial charge is 0.245 e. The summed E-state index contributed by atoms with van der Waals surface area (Å²) in [5.74, 6) is -0.290. The molecule has 0 spiro atoms. The SMILES string of the molecule is Cc1cc(N2CCNC(=O)C2(C)C)c([C@@H](C)N)cc1F. The van der Waals surface area contributed by atoms with E-state index in [-0.39, 0.29) is 17.8 Å². The molecule has 0 unspecified atom stereocenters. The Labute approximate surface area is 119 Å². The molecule has 1 aromatic carbocycles. The van der Waals surface area contributed by atoms with Gasteiger partial charge in [-0.25, -0.2) is 4.39 Å². The number of piperazine rings is 1. The highest BCUT2D eigenvalue weighted by Crippen LogP contribution is 2.33. The van der Waals surface area contributed by atoms with Gasteiger partial charge in [0.15, 0.2) is 0 Å². The molecule has 20 heavy (non-hydrogen) atoms. The molecule has 1 atom stereocenters. The Morgan fingerprint density at radius 1 is 1.45 bits per heavy atom. The number of rotatable bonds is 2. The second-order valence-electron chi connectivity index (χ2n) is 5.92. The number of nitrogens with zero attached hydrogens (tertiary/aromatic N) is 1. The molecule has 4 nitrogen and oxygen atoms in total. The molecule has 1 aromatic rings. The van der Waals surface area contributed by atoms with Crippen molar-refractivity contribution in [2.24, 2.45) is 5.73 Å². The average molecular weight is 279 g/mol. The van der Waals surface area contributed by atoms with E-state index < -0.39 is 5.54 Å². The van der Waals surface area contributed by atoms with E-state index in [2.05, 4.69) is 5.32 Å². The molecule has 1 fully saturated rings. The molecular formula is C15H22FN3O. The van der Waals surface area contributed by atoms with Gasteiger partial charge in [-0.05, 0) is 51.0 Å². The fraction of sp³-hybridized carbons (Fsp3) is 0.533. The Hall–Kier alpha value is -1.62. The third-order valence-electron chi connectivity index (χ3n) is 3.94. The van der Waals surface area contributed by atoms with Crippen LogP contribution >= 0.6 is 0 Å². The van der Waals surface area contributed by atoms with Gasteiger partial charge in [0, 0.05) is 24.8 Å². The van der Waals surface area contributed by atoms with Crippen molar-refractivity contribution in [2.75, 3.05) is 18.0 Å². The molecule has 1 aliphatic rings. The predicted octanol–water partition coefficient (Wildman–Crippen LogP) is 1.87. The van der Waals surface area contributed by atoms with E-state index in [0.717, 1.165) is 11.3 Å². The Balaban J connectivity index is 2.56. The van der Waals surface area contributed by atoms with Crippen molar-refractivity contribution in [3.8, 4) is 0 Å². The molecule has 2 rings (SSSR count). The van der Waals surface area contributed by atoms with E-state index in [9.17, 15) is 9.18 Å². The zero-order chi connectivity index (χ0) is 15.1. The fourth-order valence-electron chi connectivity index (χ4n) is 2.60. The molecule has 0 bridgehead atoms. The van der Waals surface area contributed by atoms with Crippen LogP contribution in [0.25, 0.3) is 0 Å². The lowest BCUT2D eigenvalue weighted by atomic mass is 9.94. The van der Waals surface area contributed by atoms with Crippen LogP contribution in [-0.2, 0) is 4.79 Å². The summed E-state index contributed by atoms with van der Waals surface area (Å²) in [6.07, 6.45) is 0. The van der Waals surface area contributed by atoms with Gasteiger partial charge in [-0.1, -0.05) is 0 Å². The molecule has 1 saturated heterocycles. The van der Waals surface area contributed by atoms with Crippen molar-refractivity contribution in [1.29, 1.82) is 0 Å². The Morgan fingerprint density at radius 2 is 2.10 bits per heavy atom. The summed E-state index contributed by atoms with van der Waals surface area (Å²) >= 11 is 0. The normalized spacial score (nSPS) is 19.7. The number of hydrogen-bond acceptors (Lipinski definition) is 3. The van der Waals surface area contributed by atoms with Crippen LogP contribution in [0.4, 0.5) is 10.1 Å². The van der Waals surface area contributed by atoms with Crippen molar-refractivity contribution in [2.45, 2.75) is 39.3 Å². The van der Waals surface area contributed by atoms with E-state index in [4.69, 9.17) is 5.73 Å². The van der Waals surface area contributed by atoms with Crippen molar-refractivity contribution < 1.29 is 9.18 Å². The largest absolute Gasteiger partial charge is 0.355 e. The third kappa shape index (κ3) is 2.38. The zero-order valence-corrected chi connectivity index (χ0v) is 12.5. The van der Waals surface area contributed by atoms with Crippen LogP contribution in [0.1, 0.15) is 37.9 Å². The van der Waals surface area contributed by atoms with Gasteiger partial charge < -0.3 is 16.0 Å². The number of anilines is 1. The van der Waals surface area contributed by atoms with E-state index in [0.29, 0.717) is 18.7 Å². The summed E-state index contributed by atoms with van der Waals surface area (Å²) in [7, 11) is 0. The Kier molecular flexibility index (Phi) is 3.73. The molecule has 1 amide bonds. The summed E-state index contributed by atoms with van der Waals surface area (Å²) in [5.41, 5.74) is 7.43. The van der Waals surface area contributed by atoms with Gasteiger partial charge in [-0.15, -0.1) is 0 Å². The van der Waals surface area contributed by atoms with Crippen LogP contribution in [0.3, 0.4) is 0 Å². The second kappa shape index (κ2) is 5.05. The highest BCUT2D eigenvalue weighted by atomic mass is 19.1. The minimum absolute atomic E-state index is 0.0265. The molecule has 110 valence electrons. The van der Waals surface area contributed by atoms with Crippen LogP contribution in [0, 0.1) is 12.7 Å². The van der Waals surface area contributed by atoms with Crippen LogP contribution in [0.5, 0.6) is 0 Å². The van der Waals surface area contributed by atoms with Gasteiger partial charge in [0.25, 0.3) is 0 Å². The van der Waals surface area contributed by atoms with E-state index >= 15 is 0 Å². The summed E-state index contributed by atoms with van der Waals surface area (Å²) in [5, 5.41) is 2.86. The monoisotopic (exact) mass is 279 g/mol. The molecule has 3 N–H and O–H groups in total. The summed E-state index contributed by atoms with van der Waals surface area (Å²) in [6.45, 7) is 8.54. The van der Waals surface area contributed by atoms with Gasteiger partial charge in [-0.2, -0.15) is 0 Å². The van der Waals surface area contributed by atoms with Crippen molar-refractivity contribution in [3.63, 3.8) is 0 Å². The maximum absolute atomic E-state index is 13.8. The lowest BCUT2D eigenvalue weighted by Crippen LogP contribution is -2.62. The number of carbonyl (C=O) groups excluding carboxylic acids is 1. The summed E-state index contributed by atoms with van der Waals surface area (Å²) in [4.78, 5) is 14.1. The first-order chi connectivity index (χ1) is 9.25. The Morgan fingerprint density at radius 3 is 2.70 bits per heavy atom. The molecule has 0 aliphatic carbocycles. The highest BCUT2D eigenvalue weighted by Gasteiger charge is 2.38. The number of halogens is 1.